The second-order valence-electron chi connectivity index (χ2n) is 4.57. The quantitative estimate of drug-likeness (QED) is 0.811. The van der Waals surface area contributed by atoms with Crippen LogP contribution in [0.2, 0.25) is 0 Å². The third-order valence-corrected chi connectivity index (χ3v) is 3.11. The van der Waals surface area contributed by atoms with Crippen molar-refractivity contribution in [3.63, 3.8) is 0 Å². The number of hydrogen-bond acceptors (Lipinski definition) is 3. The molecular weight excluding hydrogens is 255 g/mol. The fourth-order valence-electron chi connectivity index (χ4n) is 2.02. The summed E-state index contributed by atoms with van der Waals surface area (Å²) in [5.41, 5.74) is 8.46. The lowest BCUT2D eigenvalue weighted by Gasteiger charge is -2.18. The monoisotopic (exact) mass is 274 g/mol. The van der Waals surface area contributed by atoms with Gasteiger partial charge in [0, 0.05) is 6.04 Å². The van der Waals surface area contributed by atoms with E-state index in [-0.39, 0.29) is 11.9 Å². The summed E-state index contributed by atoms with van der Waals surface area (Å²) in [6, 6.07) is 12.1. The largest absolute Gasteiger partial charge is 0.492 e. The maximum atomic E-state index is 12.9. The van der Waals surface area contributed by atoms with E-state index in [0.717, 1.165) is 11.3 Å². The summed E-state index contributed by atoms with van der Waals surface area (Å²) in [5.74, 6) is 0.433. The lowest BCUT2D eigenvalue weighted by molar-refractivity contribution is 0.342. The molecule has 0 spiro atoms. The Morgan fingerprint density at radius 1 is 1.20 bits per heavy atom. The molecule has 2 aromatic carbocycles. The highest BCUT2D eigenvalue weighted by atomic mass is 19.1. The average molecular weight is 274 g/mol. The van der Waals surface area contributed by atoms with Crippen molar-refractivity contribution in [3.05, 3.63) is 53.8 Å². The SMILES string of the molecule is CCOc1cccc(NC(C)c2ccc(F)cc2)c1N. The minimum Gasteiger partial charge on any atom is -0.492 e. The number of ether oxygens (including phenoxy) is 1. The van der Waals surface area contributed by atoms with E-state index in [2.05, 4.69) is 5.32 Å². The molecule has 0 fully saturated rings. The fourth-order valence-corrected chi connectivity index (χ4v) is 2.02. The van der Waals surface area contributed by atoms with Crippen LogP contribution in [0.5, 0.6) is 5.75 Å². The van der Waals surface area contributed by atoms with E-state index in [1.165, 1.54) is 12.1 Å². The molecule has 0 aromatic heterocycles. The highest BCUT2D eigenvalue weighted by molar-refractivity contribution is 5.73. The summed E-state index contributed by atoms with van der Waals surface area (Å²) in [6.07, 6.45) is 0. The lowest BCUT2D eigenvalue weighted by Crippen LogP contribution is -2.09. The van der Waals surface area contributed by atoms with Crippen LogP contribution in [0.1, 0.15) is 25.5 Å². The van der Waals surface area contributed by atoms with Gasteiger partial charge in [-0.15, -0.1) is 0 Å². The first-order valence-electron chi connectivity index (χ1n) is 6.65. The van der Waals surface area contributed by atoms with Gasteiger partial charge in [-0.1, -0.05) is 18.2 Å². The van der Waals surface area contributed by atoms with Crippen LogP contribution in [0.15, 0.2) is 42.5 Å². The van der Waals surface area contributed by atoms with E-state index in [1.807, 2.05) is 32.0 Å². The van der Waals surface area contributed by atoms with Gasteiger partial charge in [-0.25, -0.2) is 4.39 Å². The van der Waals surface area contributed by atoms with Crippen molar-refractivity contribution in [1.29, 1.82) is 0 Å². The molecule has 0 bridgehead atoms. The Bertz CT molecular complexity index is 569. The van der Waals surface area contributed by atoms with E-state index in [4.69, 9.17) is 10.5 Å². The molecule has 0 heterocycles. The van der Waals surface area contributed by atoms with Crippen molar-refractivity contribution in [3.8, 4) is 5.75 Å². The zero-order chi connectivity index (χ0) is 14.5. The minimum absolute atomic E-state index is 0.0229. The molecule has 106 valence electrons. The van der Waals surface area contributed by atoms with Gasteiger partial charge in [0.2, 0.25) is 0 Å². The average Bonchev–Trinajstić information content (AvgIpc) is 2.44. The Kier molecular flexibility index (Phi) is 4.45. The Balaban J connectivity index is 2.17. The number of nitrogen functional groups attached to an aromatic ring is 1. The number of nitrogens with one attached hydrogen (secondary N) is 1. The van der Waals surface area contributed by atoms with Crippen molar-refractivity contribution in [1.82, 2.24) is 0 Å². The molecule has 1 unspecified atom stereocenters. The number of anilines is 2. The molecule has 2 rings (SSSR count). The van der Waals surface area contributed by atoms with Crippen molar-refractivity contribution >= 4 is 11.4 Å². The molecule has 0 amide bonds. The van der Waals surface area contributed by atoms with Crippen LogP contribution in [-0.4, -0.2) is 6.61 Å². The number of rotatable bonds is 5. The maximum absolute atomic E-state index is 12.9. The van der Waals surface area contributed by atoms with E-state index in [0.29, 0.717) is 18.0 Å². The van der Waals surface area contributed by atoms with E-state index in [1.54, 1.807) is 12.1 Å². The van der Waals surface area contributed by atoms with Gasteiger partial charge in [0.25, 0.3) is 0 Å². The highest BCUT2D eigenvalue weighted by Crippen LogP contribution is 2.31. The molecule has 0 radical (unpaired) electrons. The number of para-hydroxylation sites is 1. The summed E-state index contributed by atoms with van der Waals surface area (Å²) in [6.45, 7) is 4.49. The summed E-state index contributed by atoms with van der Waals surface area (Å²) in [7, 11) is 0. The van der Waals surface area contributed by atoms with Crippen molar-refractivity contribution in [2.45, 2.75) is 19.9 Å². The Labute approximate surface area is 118 Å². The van der Waals surface area contributed by atoms with Gasteiger partial charge in [0.1, 0.15) is 11.6 Å². The predicted octanol–water partition coefficient (Wildman–Crippen LogP) is 3.98. The van der Waals surface area contributed by atoms with Crippen LogP contribution >= 0.6 is 0 Å². The van der Waals surface area contributed by atoms with Crippen LogP contribution in [0.3, 0.4) is 0 Å². The third kappa shape index (κ3) is 3.20. The first-order chi connectivity index (χ1) is 9.61. The normalized spacial score (nSPS) is 11.9. The Morgan fingerprint density at radius 2 is 1.90 bits per heavy atom. The van der Waals surface area contributed by atoms with Crippen LogP contribution < -0.4 is 15.8 Å². The molecular formula is C16H19FN2O. The van der Waals surface area contributed by atoms with Crippen LogP contribution in [-0.2, 0) is 0 Å². The van der Waals surface area contributed by atoms with Crippen LogP contribution in [0, 0.1) is 5.82 Å². The summed E-state index contributed by atoms with van der Waals surface area (Å²) >= 11 is 0. The topological polar surface area (TPSA) is 47.3 Å². The van der Waals surface area contributed by atoms with Gasteiger partial charge >= 0.3 is 0 Å². The second-order valence-corrected chi connectivity index (χ2v) is 4.57. The maximum Gasteiger partial charge on any atom is 0.144 e. The third-order valence-electron chi connectivity index (χ3n) is 3.11. The number of hydrogen-bond donors (Lipinski definition) is 2. The van der Waals surface area contributed by atoms with Gasteiger partial charge in [-0.2, -0.15) is 0 Å². The van der Waals surface area contributed by atoms with Gasteiger partial charge < -0.3 is 15.8 Å². The number of halogens is 1. The highest BCUT2D eigenvalue weighted by Gasteiger charge is 2.10. The molecule has 0 saturated carbocycles. The molecule has 1 atom stereocenters. The van der Waals surface area contributed by atoms with Gasteiger partial charge in [0.15, 0.2) is 0 Å². The molecule has 3 N–H and O–H groups in total. The van der Waals surface area contributed by atoms with E-state index < -0.39 is 0 Å². The van der Waals surface area contributed by atoms with Crippen molar-refractivity contribution in [2.24, 2.45) is 0 Å². The zero-order valence-electron chi connectivity index (χ0n) is 11.7. The first kappa shape index (κ1) is 14.2. The van der Waals surface area contributed by atoms with Crippen molar-refractivity contribution < 1.29 is 9.13 Å². The van der Waals surface area contributed by atoms with Crippen molar-refractivity contribution in [2.75, 3.05) is 17.7 Å². The van der Waals surface area contributed by atoms with E-state index in [9.17, 15) is 4.39 Å². The minimum atomic E-state index is -0.237. The molecule has 0 aliphatic heterocycles. The smallest absolute Gasteiger partial charge is 0.144 e. The molecule has 3 nitrogen and oxygen atoms in total. The van der Waals surface area contributed by atoms with Gasteiger partial charge in [0.05, 0.1) is 18.0 Å². The van der Waals surface area contributed by atoms with Crippen LogP contribution in [0.25, 0.3) is 0 Å². The molecule has 20 heavy (non-hydrogen) atoms. The molecule has 0 aliphatic carbocycles. The number of nitrogens with two attached hydrogens (primary N) is 1. The molecule has 4 heteroatoms. The summed E-state index contributed by atoms with van der Waals surface area (Å²) in [4.78, 5) is 0. The molecule has 2 aromatic rings. The van der Waals surface area contributed by atoms with E-state index >= 15 is 0 Å². The number of benzene rings is 2. The zero-order valence-corrected chi connectivity index (χ0v) is 11.7. The van der Waals surface area contributed by atoms with Crippen LogP contribution in [0.4, 0.5) is 15.8 Å². The predicted molar refractivity (Wildman–Crippen MR) is 80.5 cm³/mol. The van der Waals surface area contributed by atoms with Gasteiger partial charge in [-0.3, -0.25) is 0 Å². The lowest BCUT2D eigenvalue weighted by atomic mass is 10.1. The Hall–Kier alpha value is -2.23. The summed E-state index contributed by atoms with van der Waals surface area (Å²) < 4.78 is 18.4. The second kappa shape index (κ2) is 6.28. The molecule has 0 aliphatic rings. The Morgan fingerprint density at radius 3 is 2.55 bits per heavy atom. The van der Waals surface area contributed by atoms with Gasteiger partial charge in [-0.05, 0) is 43.7 Å². The first-order valence-corrected chi connectivity index (χ1v) is 6.65. The standard InChI is InChI=1S/C16H19FN2O/c1-3-20-15-6-4-5-14(16(15)18)19-11(2)12-7-9-13(17)10-8-12/h4-11,19H,3,18H2,1-2H3. The molecule has 0 saturated heterocycles. The fraction of sp³-hybridized carbons (Fsp3) is 0.250. The summed E-state index contributed by atoms with van der Waals surface area (Å²) in [5, 5.41) is 3.32.